The van der Waals surface area contributed by atoms with Crippen molar-refractivity contribution in [3.8, 4) is 0 Å². The molecule has 1 aromatic rings. The Kier molecular flexibility index (Phi) is 4.13. The van der Waals surface area contributed by atoms with E-state index in [0.29, 0.717) is 24.7 Å². The first-order chi connectivity index (χ1) is 9.48. The van der Waals surface area contributed by atoms with Gasteiger partial charge in [0.05, 0.1) is 18.6 Å². The molecule has 2 N–H and O–H groups in total. The molecule has 0 spiro atoms. The summed E-state index contributed by atoms with van der Waals surface area (Å²) in [6.07, 6.45) is 1.66. The number of hydrogen-bond donors (Lipinski definition) is 2. The molecule has 110 valence electrons. The fraction of sp³-hybridized carbons (Fsp3) is 0.571. The zero-order valence-corrected chi connectivity index (χ0v) is 11.7. The Bertz CT molecular complexity index is 516. The molecule has 0 radical (unpaired) electrons. The highest BCUT2D eigenvalue weighted by Crippen LogP contribution is 2.46. The van der Waals surface area contributed by atoms with Crippen molar-refractivity contribution in [1.29, 1.82) is 0 Å². The van der Waals surface area contributed by atoms with Crippen molar-refractivity contribution in [1.82, 2.24) is 5.32 Å². The highest BCUT2D eigenvalue weighted by molar-refractivity contribution is 5.89. The van der Waals surface area contributed by atoms with Crippen molar-refractivity contribution in [3.63, 3.8) is 0 Å². The Morgan fingerprint density at radius 3 is 2.70 bits per heavy atom. The van der Waals surface area contributed by atoms with Crippen LogP contribution in [-0.4, -0.2) is 30.2 Å². The summed E-state index contributed by atoms with van der Waals surface area (Å²) in [7, 11) is 0. The van der Waals surface area contributed by atoms with Gasteiger partial charge in [-0.25, -0.2) is 4.79 Å². The van der Waals surface area contributed by atoms with E-state index in [0.717, 1.165) is 12.8 Å². The highest BCUT2D eigenvalue weighted by atomic mass is 16.5. The molecule has 1 fully saturated rings. The standard InChI is InChI=1S/C14H19NO5/c1-3-19-8-14(4-5-14)13(18)15-7-10-6-11(12(16)17)9(2)20-10/h6H,3-5,7-8H2,1-2H3,(H,15,18)(H,16,17). The SMILES string of the molecule is CCOCC1(C(=O)NCc2cc(C(=O)O)c(C)o2)CC1. The molecule has 0 aliphatic heterocycles. The molecule has 1 aliphatic rings. The fourth-order valence-corrected chi connectivity index (χ4v) is 2.08. The third-order valence-electron chi connectivity index (χ3n) is 3.54. The van der Waals surface area contributed by atoms with Gasteiger partial charge in [0.15, 0.2) is 0 Å². The van der Waals surface area contributed by atoms with Gasteiger partial charge in [-0.3, -0.25) is 4.79 Å². The number of hydrogen-bond acceptors (Lipinski definition) is 4. The first kappa shape index (κ1) is 14.6. The molecule has 0 aromatic carbocycles. The van der Waals surface area contributed by atoms with Crippen molar-refractivity contribution in [2.24, 2.45) is 5.41 Å². The van der Waals surface area contributed by atoms with Crippen molar-refractivity contribution in [3.05, 3.63) is 23.2 Å². The van der Waals surface area contributed by atoms with Crippen LogP contribution in [0.1, 0.15) is 41.6 Å². The normalized spacial score (nSPS) is 15.9. The van der Waals surface area contributed by atoms with Gasteiger partial charge in [-0.15, -0.1) is 0 Å². The lowest BCUT2D eigenvalue weighted by Crippen LogP contribution is -2.34. The summed E-state index contributed by atoms with van der Waals surface area (Å²) in [6.45, 7) is 4.71. The first-order valence-electron chi connectivity index (χ1n) is 6.67. The van der Waals surface area contributed by atoms with Gasteiger partial charge in [0.1, 0.15) is 17.1 Å². The van der Waals surface area contributed by atoms with Gasteiger partial charge in [0.2, 0.25) is 5.91 Å². The van der Waals surface area contributed by atoms with Gasteiger partial charge in [-0.1, -0.05) is 0 Å². The topological polar surface area (TPSA) is 88.8 Å². The van der Waals surface area contributed by atoms with Crippen LogP contribution in [0.15, 0.2) is 10.5 Å². The Balaban J connectivity index is 1.91. The number of amides is 1. The monoisotopic (exact) mass is 281 g/mol. The molecular weight excluding hydrogens is 262 g/mol. The number of rotatable bonds is 7. The van der Waals surface area contributed by atoms with Crippen LogP contribution in [-0.2, 0) is 16.1 Å². The average Bonchev–Trinajstić information content (AvgIpc) is 3.11. The molecule has 20 heavy (non-hydrogen) atoms. The zero-order chi connectivity index (χ0) is 14.8. The molecule has 6 heteroatoms. The Morgan fingerprint density at radius 2 is 2.20 bits per heavy atom. The third-order valence-corrected chi connectivity index (χ3v) is 3.54. The summed E-state index contributed by atoms with van der Waals surface area (Å²) in [4.78, 5) is 23.0. The van der Waals surface area contributed by atoms with E-state index in [1.807, 2.05) is 6.92 Å². The Hall–Kier alpha value is -1.82. The summed E-state index contributed by atoms with van der Waals surface area (Å²) in [5.41, 5.74) is -0.266. The van der Waals surface area contributed by atoms with E-state index < -0.39 is 11.4 Å². The maximum Gasteiger partial charge on any atom is 0.339 e. The largest absolute Gasteiger partial charge is 0.478 e. The molecule has 2 rings (SSSR count). The van der Waals surface area contributed by atoms with Crippen LogP contribution in [0.2, 0.25) is 0 Å². The number of furan rings is 1. The maximum atomic E-state index is 12.1. The van der Waals surface area contributed by atoms with Crippen LogP contribution in [0.25, 0.3) is 0 Å². The van der Waals surface area contributed by atoms with E-state index in [1.165, 1.54) is 6.07 Å². The predicted octanol–water partition coefficient (Wildman–Crippen LogP) is 1.72. The summed E-state index contributed by atoms with van der Waals surface area (Å²) in [6, 6.07) is 1.44. The van der Waals surface area contributed by atoms with Crippen LogP contribution >= 0.6 is 0 Å². The Labute approximate surface area is 117 Å². The summed E-state index contributed by atoms with van der Waals surface area (Å²) in [5.74, 6) is -0.298. The number of carbonyl (C=O) groups excluding carboxylic acids is 1. The number of ether oxygens (including phenoxy) is 1. The second kappa shape index (κ2) is 5.66. The minimum atomic E-state index is -1.03. The van der Waals surface area contributed by atoms with Crippen molar-refractivity contribution >= 4 is 11.9 Å². The molecule has 1 amide bonds. The molecule has 0 unspecified atom stereocenters. The average molecular weight is 281 g/mol. The lowest BCUT2D eigenvalue weighted by molar-refractivity contribution is -0.128. The van der Waals surface area contributed by atoms with E-state index in [1.54, 1.807) is 6.92 Å². The van der Waals surface area contributed by atoms with E-state index in [-0.39, 0.29) is 18.0 Å². The molecule has 0 saturated heterocycles. The fourth-order valence-electron chi connectivity index (χ4n) is 2.08. The van der Waals surface area contributed by atoms with E-state index >= 15 is 0 Å². The minimum Gasteiger partial charge on any atom is -0.478 e. The molecule has 6 nitrogen and oxygen atoms in total. The summed E-state index contributed by atoms with van der Waals surface area (Å²) >= 11 is 0. The van der Waals surface area contributed by atoms with E-state index in [4.69, 9.17) is 14.3 Å². The molecule has 1 saturated carbocycles. The number of nitrogens with one attached hydrogen (secondary N) is 1. The van der Waals surface area contributed by atoms with Gasteiger partial charge in [-0.2, -0.15) is 0 Å². The maximum absolute atomic E-state index is 12.1. The van der Waals surface area contributed by atoms with Crippen LogP contribution in [0.3, 0.4) is 0 Å². The summed E-state index contributed by atoms with van der Waals surface area (Å²) in [5, 5.41) is 11.7. The van der Waals surface area contributed by atoms with Crippen molar-refractivity contribution < 1.29 is 23.8 Å². The predicted molar refractivity (Wildman–Crippen MR) is 70.4 cm³/mol. The van der Waals surface area contributed by atoms with Crippen molar-refractivity contribution in [2.75, 3.05) is 13.2 Å². The van der Waals surface area contributed by atoms with Gasteiger partial charge >= 0.3 is 5.97 Å². The highest BCUT2D eigenvalue weighted by Gasteiger charge is 2.49. The number of aryl methyl sites for hydroxylation is 1. The van der Waals surface area contributed by atoms with Crippen LogP contribution < -0.4 is 5.32 Å². The number of carboxylic acid groups (broad SMARTS) is 1. The van der Waals surface area contributed by atoms with Crippen LogP contribution in [0.4, 0.5) is 0 Å². The zero-order valence-electron chi connectivity index (χ0n) is 11.7. The number of aromatic carboxylic acids is 1. The Morgan fingerprint density at radius 1 is 1.50 bits per heavy atom. The minimum absolute atomic E-state index is 0.0584. The van der Waals surface area contributed by atoms with Gasteiger partial charge < -0.3 is 19.6 Å². The van der Waals surface area contributed by atoms with Crippen molar-refractivity contribution in [2.45, 2.75) is 33.2 Å². The molecule has 1 aromatic heterocycles. The van der Waals surface area contributed by atoms with E-state index in [9.17, 15) is 9.59 Å². The molecule has 0 atom stereocenters. The second-order valence-corrected chi connectivity index (χ2v) is 5.09. The second-order valence-electron chi connectivity index (χ2n) is 5.09. The van der Waals surface area contributed by atoms with Crippen LogP contribution in [0, 0.1) is 12.3 Å². The van der Waals surface area contributed by atoms with Gasteiger partial charge in [0.25, 0.3) is 0 Å². The summed E-state index contributed by atoms with van der Waals surface area (Å²) < 4.78 is 10.6. The third kappa shape index (κ3) is 3.01. The lowest BCUT2D eigenvalue weighted by Gasteiger charge is -2.14. The van der Waals surface area contributed by atoms with Gasteiger partial charge in [0, 0.05) is 6.61 Å². The number of carbonyl (C=O) groups is 2. The lowest BCUT2D eigenvalue weighted by atomic mass is 10.1. The van der Waals surface area contributed by atoms with Gasteiger partial charge in [-0.05, 0) is 32.8 Å². The molecule has 0 bridgehead atoms. The first-order valence-corrected chi connectivity index (χ1v) is 6.67. The molecule has 1 heterocycles. The quantitative estimate of drug-likeness (QED) is 0.794. The van der Waals surface area contributed by atoms with E-state index in [2.05, 4.69) is 5.32 Å². The molecule has 1 aliphatic carbocycles. The molecular formula is C14H19NO5. The number of carboxylic acids is 1. The van der Waals surface area contributed by atoms with Crippen LogP contribution in [0.5, 0.6) is 0 Å². The smallest absolute Gasteiger partial charge is 0.339 e.